The minimum atomic E-state index is -0.0629. The molecule has 17 heavy (non-hydrogen) atoms. The molecule has 2 N–H and O–H groups in total. The van der Waals surface area contributed by atoms with Crippen LogP contribution in [0.25, 0.3) is 0 Å². The minimum absolute atomic E-state index is 0.0629. The zero-order valence-corrected chi connectivity index (χ0v) is 11.6. The topological polar surface area (TPSA) is 41.1 Å². The molecule has 0 saturated heterocycles. The number of carbonyl (C=O) groups excluding carboxylic acids is 1. The lowest BCUT2D eigenvalue weighted by atomic mass is 10.1. The predicted octanol–water partition coefficient (Wildman–Crippen LogP) is 2.60. The van der Waals surface area contributed by atoms with Crippen LogP contribution in [0.5, 0.6) is 0 Å². The van der Waals surface area contributed by atoms with E-state index in [9.17, 15) is 4.79 Å². The molecule has 0 spiro atoms. The summed E-state index contributed by atoms with van der Waals surface area (Å²) >= 11 is 0. The van der Waals surface area contributed by atoms with Crippen molar-refractivity contribution in [2.45, 2.75) is 83.8 Å². The molecule has 3 nitrogen and oxygen atoms in total. The smallest absolute Gasteiger partial charge is 0.237 e. The third-order valence-corrected chi connectivity index (χ3v) is 3.74. The van der Waals surface area contributed by atoms with Crippen molar-refractivity contribution in [3.63, 3.8) is 0 Å². The summed E-state index contributed by atoms with van der Waals surface area (Å²) in [5.41, 5.74) is 0. The van der Waals surface area contributed by atoms with Crippen molar-refractivity contribution in [2.75, 3.05) is 0 Å². The zero-order valence-electron chi connectivity index (χ0n) is 11.6. The van der Waals surface area contributed by atoms with E-state index in [1.165, 1.54) is 38.5 Å². The summed E-state index contributed by atoms with van der Waals surface area (Å²) < 4.78 is 0. The van der Waals surface area contributed by atoms with Crippen LogP contribution in [0.3, 0.4) is 0 Å². The molecule has 1 saturated carbocycles. The lowest BCUT2D eigenvalue weighted by Crippen LogP contribution is -2.48. The van der Waals surface area contributed by atoms with E-state index in [0.29, 0.717) is 6.04 Å². The van der Waals surface area contributed by atoms with E-state index in [0.717, 1.165) is 6.42 Å². The monoisotopic (exact) mass is 240 g/mol. The molecule has 0 aromatic heterocycles. The molecule has 2 atom stereocenters. The largest absolute Gasteiger partial charge is 0.352 e. The van der Waals surface area contributed by atoms with E-state index in [-0.39, 0.29) is 18.0 Å². The Hall–Kier alpha value is -0.570. The fraction of sp³-hybridized carbons (Fsp3) is 0.929. The van der Waals surface area contributed by atoms with Gasteiger partial charge in [0, 0.05) is 12.1 Å². The third-order valence-electron chi connectivity index (χ3n) is 3.74. The Morgan fingerprint density at radius 1 is 1.18 bits per heavy atom. The van der Waals surface area contributed by atoms with Crippen LogP contribution in [0, 0.1) is 0 Å². The predicted molar refractivity (Wildman–Crippen MR) is 72.0 cm³/mol. The maximum absolute atomic E-state index is 11.9. The highest BCUT2D eigenvalue weighted by atomic mass is 16.2. The molecule has 0 aromatic carbocycles. The van der Waals surface area contributed by atoms with Crippen molar-refractivity contribution < 1.29 is 4.79 Å². The highest BCUT2D eigenvalue weighted by Crippen LogP contribution is 2.17. The number of hydrogen-bond acceptors (Lipinski definition) is 2. The summed E-state index contributed by atoms with van der Waals surface area (Å²) in [6, 6.07) is 0.753. The number of amides is 1. The second-order valence-corrected chi connectivity index (χ2v) is 5.39. The van der Waals surface area contributed by atoms with E-state index >= 15 is 0 Å². The number of carbonyl (C=O) groups is 1. The Bertz CT molecular complexity index is 222. The Morgan fingerprint density at radius 3 is 2.29 bits per heavy atom. The van der Waals surface area contributed by atoms with Crippen molar-refractivity contribution in [2.24, 2.45) is 0 Å². The summed E-state index contributed by atoms with van der Waals surface area (Å²) in [5.74, 6) is 0.142. The van der Waals surface area contributed by atoms with Crippen LogP contribution in [0.4, 0.5) is 0 Å². The standard InChI is InChI=1S/C14H28N2O/c1-4-11(2)15-14(17)12(3)16-13-9-7-5-6-8-10-13/h11-13,16H,4-10H2,1-3H3,(H,15,17). The van der Waals surface area contributed by atoms with Crippen molar-refractivity contribution in [3.05, 3.63) is 0 Å². The second kappa shape index (κ2) is 7.70. The first-order valence-corrected chi connectivity index (χ1v) is 7.20. The van der Waals surface area contributed by atoms with Gasteiger partial charge in [-0.1, -0.05) is 32.6 Å². The molecule has 3 heteroatoms. The summed E-state index contributed by atoms with van der Waals surface area (Å²) in [4.78, 5) is 11.9. The maximum atomic E-state index is 11.9. The number of rotatable bonds is 5. The normalized spacial score (nSPS) is 21.6. The van der Waals surface area contributed by atoms with Crippen molar-refractivity contribution in [1.82, 2.24) is 10.6 Å². The van der Waals surface area contributed by atoms with Crippen molar-refractivity contribution >= 4 is 5.91 Å². The van der Waals surface area contributed by atoms with Gasteiger partial charge in [-0.25, -0.2) is 0 Å². The van der Waals surface area contributed by atoms with Gasteiger partial charge >= 0.3 is 0 Å². The van der Waals surface area contributed by atoms with Gasteiger partial charge in [0.25, 0.3) is 0 Å². The number of nitrogens with one attached hydrogen (secondary N) is 2. The first kappa shape index (κ1) is 14.5. The Balaban J connectivity index is 2.31. The Labute approximate surface area is 106 Å². The summed E-state index contributed by atoms with van der Waals surface area (Å²) in [7, 11) is 0. The van der Waals surface area contributed by atoms with Gasteiger partial charge in [0.15, 0.2) is 0 Å². The molecule has 0 aromatic rings. The molecule has 1 rings (SSSR count). The molecule has 0 heterocycles. The van der Waals surface area contributed by atoms with Gasteiger partial charge in [-0.05, 0) is 33.1 Å². The molecule has 1 aliphatic carbocycles. The summed E-state index contributed by atoms with van der Waals surface area (Å²) in [6.07, 6.45) is 8.75. The molecule has 1 aliphatic rings. The average Bonchev–Trinajstić information content (AvgIpc) is 2.57. The van der Waals surface area contributed by atoms with Crippen LogP contribution >= 0.6 is 0 Å². The SMILES string of the molecule is CCC(C)NC(=O)C(C)NC1CCCCCC1. The number of hydrogen-bond donors (Lipinski definition) is 2. The highest BCUT2D eigenvalue weighted by molar-refractivity contribution is 5.81. The first-order chi connectivity index (χ1) is 8.13. The van der Waals surface area contributed by atoms with Crippen molar-refractivity contribution in [3.8, 4) is 0 Å². The van der Waals surface area contributed by atoms with Gasteiger partial charge in [-0.2, -0.15) is 0 Å². The van der Waals surface area contributed by atoms with Gasteiger partial charge < -0.3 is 10.6 Å². The molecule has 1 fully saturated rings. The van der Waals surface area contributed by atoms with E-state index < -0.39 is 0 Å². The fourth-order valence-electron chi connectivity index (χ4n) is 2.35. The van der Waals surface area contributed by atoms with Gasteiger partial charge in [-0.3, -0.25) is 4.79 Å². The summed E-state index contributed by atoms with van der Waals surface area (Å²) in [6.45, 7) is 6.12. The molecular weight excluding hydrogens is 212 g/mol. The van der Waals surface area contributed by atoms with Crippen molar-refractivity contribution in [1.29, 1.82) is 0 Å². The molecule has 100 valence electrons. The van der Waals surface area contributed by atoms with Gasteiger partial charge in [0.2, 0.25) is 5.91 Å². The summed E-state index contributed by atoms with van der Waals surface area (Å²) in [5, 5.41) is 6.51. The molecular formula is C14H28N2O. The quantitative estimate of drug-likeness (QED) is 0.725. The van der Waals surface area contributed by atoms with Gasteiger partial charge in [0.1, 0.15) is 0 Å². The van der Waals surface area contributed by atoms with E-state index in [1.807, 2.05) is 6.92 Å². The molecule has 0 radical (unpaired) electrons. The second-order valence-electron chi connectivity index (χ2n) is 5.39. The van der Waals surface area contributed by atoms with Crippen LogP contribution in [0.1, 0.15) is 65.7 Å². The van der Waals surface area contributed by atoms with E-state index in [2.05, 4.69) is 24.5 Å². The van der Waals surface area contributed by atoms with Crippen LogP contribution in [-0.4, -0.2) is 24.0 Å². The third kappa shape index (κ3) is 5.53. The van der Waals surface area contributed by atoms with E-state index in [1.54, 1.807) is 0 Å². The average molecular weight is 240 g/mol. The lowest BCUT2D eigenvalue weighted by molar-refractivity contribution is -0.123. The molecule has 2 unspecified atom stereocenters. The molecule has 0 aliphatic heterocycles. The van der Waals surface area contributed by atoms with Crippen LogP contribution in [0.15, 0.2) is 0 Å². The Kier molecular flexibility index (Phi) is 6.56. The molecule has 1 amide bonds. The zero-order chi connectivity index (χ0) is 12.7. The lowest BCUT2D eigenvalue weighted by Gasteiger charge is -2.23. The van der Waals surface area contributed by atoms with E-state index in [4.69, 9.17) is 0 Å². The minimum Gasteiger partial charge on any atom is -0.352 e. The van der Waals surface area contributed by atoms with Gasteiger partial charge in [0.05, 0.1) is 6.04 Å². The van der Waals surface area contributed by atoms with Crippen LogP contribution < -0.4 is 10.6 Å². The van der Waals surface area contributed by atoms with Crippen LogP contribution in [0.2, 0.25) is 0 Å². The maximum Gasteiger partial charge on any atom is 0.237 e. The Morgan fingerprint density at radius 2 is 1.76 bits per heavy atom. The fourth-order valence-corrected chi connectivity index (χ4v) is 2.35. The first-order valence-electron chi connectivity index (χ1n) is 7.20. The van der Waals surface area contributed by atoms with Crippen LogP contribution in [-0.2, 0) is 4.79 Å². The molecule has 0 bridgehead atoms. The highest BCUT2D eigenvalue weighted by Gasteiger charge is 2.19. The van der Waals surface area contributed by atoms with Gasteiger partial charge in [-0.15, -0.1) is 0 Å².